The average Bonchev–Trinajstić information content (AvgIpc) is 3.59. The molecule has 0 fully saturated rings. The quantitative estimate of drug-likeness (QED) is 0.282. The summed E-state index contributed by atoms with van der Waals surface area (Å²) in [6.07, 6.45) is 2.65. The molecule has 182 valence electrons. The minimum atomic E-state index is -0.860. The lowest BCUT2D eigenvalue weighted by molar-refractivity contribution is 0.0428. The Kier molecular flexibility index (Phi) is 7.22. The van der Waals surface area contributed by atoms with Gasteiger partial charge in [0, 0.05) is 30.1 Å². The van der Waals surface area contributed by atoms with Crippen molar-refractivity contribution in [3.05, 3.63) is 77.8 Å². The van der Waals surface area contributed by atoms with Gasteiger partial charge in [0.25, 0.3) is 0 Å². The highest BCUT2D eigenvalue weighted by atomic mass is 16.5. The summed E-state index contributed by atoms with van der Waals surface area (Å²) in [6, 6.07) is 14.4. The van der Waals surface area contributed by atoms with Crippen LogP contribution in [0.15, 0.2) is 65.3 Å². The molecule has 0 saturated heterocycles. The third kappa shape index (κ3) is 4.79. The van der Waals surface area contributed by atoms with Gasteiger partial charge in [-0.3, -0.25) is 4.79 Å². The number of rotatable bonds is 10. The summed E-state index contributed by atoms with van der Waals surface area (Å²) in [4.78, 5) is 13.5. The molecule has 0 bridgehead atoms. The SMILES string of the molecule is CCOC(C(=O)c1ccc(-c2cc(OC)c(C)c(OC)c2)o1)c1ccc(-n2cccn2)c(OC)c1. The lowest BCUT2D eigenvalue weighted by Gasteiger charge is -2.17. The number of ether oxygens (including phenoxy) is 4. The largest absolute Gasteiger partial charge is 0.496 e. The second kappa shape index (κ2) is 10.5. The van der Waals surface area contributed by atoms with Crippen LogP contribution in [0.25, 0.3) is 17.0 Å². The van der Waals surface area contributed by atoms with E-state index in [9.17, 15) is 4.79 Å². The smallest absolute Gasteiger partial charge is 0.231 e. The number of carbonyl (C=O) groups is 1. The molecule has 2 aromatic heterocycles. The highest BCUT2D eigenvalue weighted by molar-refractivity contribution is 5.98. The summed E-state index contributed by atoms with van der Waals surface area (Å²) in [5, 5.41) is 4.26. The van der Waals surface area contributed by atoms with E-state index in [1.165, 1.54) is 0 Å². The van der Waals surface area contributed by atoms with E-state index in [1.54, 1.807) is 50.4 Å². The normalized spacial score (nSPS) is 11.8. The third-order valence-electron chi connectivity index (χ3n) is 5.71. The number of nitrogens with zero attached hydrogens (tertiary/aromatic N) is 2. The number of hydrogen-bond donors (Lipinski definition) is 0. The predicted octanol–water partition coefficient (Wildman–Crippen LogP) is 5.43. The van der Waals surface area contributed by atoms with Gasteiger partial charge in [-0.25, -0.2) is 4.68 Å². The predicted molar refractivity (Wildman–Crippen MR) is 131 cm³/mol. The van der Waals surface area contributed by atoms with Gasteiger partial charge < -0.3 is 23.4 Å². The number of methoxy groups -OCH3 is 3. The topological polar surface area (TPSA) is 85.0 Å². The zero-order chi connectivity index (χ0) is 24.9. The second-order valence-corrected chi connectivity index (χ2v) is 7.75. The molecule has 0 aliphatic rings. The van der Waals surface area contributed by atoms with Crippen molar-refractivity contribution in [3.8, 4) is 34.3 Å². The van der Waals surface area contributed by atoms with Crippen molar-refractivity contribution in [1.29, 1.82) is 0 Å². The summed E-state index contributed by atoms with van der Waals surface area (Å²) >= 11 is 0. The molecular weight excluding hydrogens is 448 g/mol. The third-order valence-corrected chi connectivity index (χ3v) is 5.71. The lowest BCUT2D eigenvalue weighted by Crippen LogP contribution is -2.16. The maximum atomic E-state index is 13.5. The zero-order valence-corrected chi connectivity index (χ0v) is 20.4. The summed E-state index contributed by atoms with van der Waals surface area (Å²) < 4.78 is 30.0. The molecule has 4 aromatic rings. The van der Waals surface area contributed by atoms with Gasteiger partial charge in [0.2, 0.25) is 5.78 Å². The molecule has 1 unspecified atom stereocenters. The van der Waals surface area contributed by atoms with Crippen molar-refractivity contribution in [3.63, 3.8) is 0 Å². The Morgan fingerprint density at radius 3 is 2.31 bits per heavy atom. The summed E-state index contributed by atoms with van der Waals surface area (Å²) in [6.45, 7) is 4.10. The molecule has 0 saturated carbocycles. The molecule has 8 heteroatoms. The number of Topliss-reactive ketones (excluding diaryl/α,β-unsaturated/α-hetero) is 1. The van der Waals surface area contributed by atoms with Crippen molar-refractivity contribution in [2.24, 2.45) is 0 Å². The number of ketones is 1. The van der Waals surface area contributed by atoms with Crippen molar-refractivity contribution in [2.45, 2.75) is 20.0 Å². The van der Waals surface area contributed by atoms with Gasteiger partial charge in [-0.05, 0) is 61.9 Å². The first-order valence-corrected chi connectivity index (χ1v) is 11.2. The van der Waals surface area contributed by atoms with Gasteiger partial charge in [0.1, 0.15) is 34.8 Å². The molecule has 8 nitrogen and oxygen atoms in total. The first-order valence-electron chi connectivity index (χ1n) is 11.2. The molecule has 2 aromatic carbocycles. The van der Waals surface area contributed by atoms with E-state index < -0.39 is 6.10 Å². The Hall–Kier alpha value is -4.04. The monoisotopic (exact) mass is 476 g/mol. The van der Waals surface area contributed by atoms with Crippen LogP contribution in [0.4, 0.5) is 0 Å². The van der Waals surface area contributed by atoms with Gasteiger partial charge >= 0.3 is 0 Å². The lowest BCUT2D eigenvalue weighted by atomic mass is 10.0. The average molecular weight is 477 g/mol. The molecule has 0 spiro atoms. The van der Waals surface area contributed by atoms with Crippen LogP contribution in [0, 0.1) is 6.92 Å². The summed E-state index contributed by atoms with van der Waals surface area (Å²) in [7, 11) is 4.77. The number of furan rings is 1. The Morgan fingerprint density at radius 1 is 1.00 bits per heavy atom. The van der Waals surface area contributed by atoms with E-state index in [2.05, 4.69) is 5.10 Å². The van der Waals surface area contributed by atoms with Gasteiger partial charge in [-0.1, -0.05) is 6.07 Å². The van der Waals surface area contributed by atoms with Crippen molar-refractivity contribution in [1.82, 2.24) is 9.78 Å². The first kappa shape index (κ1) is 24.1. The maximum absolute atomic E-state index is 13.5. The van der Waals surface area contributed by atoms with Gasteiger partial charge in [0.05, 0.1) is 21.3 Å². The zero-order valence-electron chi connectivity index (χ0n) is 20.4. The maximum Gasteiger partial charge on any atom is 0.231 e. The fourth-order valence-corrected chi connectivity index (χ4v) is 3.93. The van der Waals surface area contributed by atoms with Crippen LogP contribution in [0.3, 0.4) is 0 Å². The van der Waals surface area contributed by atoms with E-state index in [4.69, 9.17) is 23.4 Å². The van der Waals surface area contributed by atoms with Crippen LogP contribution >= 0.6 is 0 Å². The molecule has 2 heterocycles. The number of benzene rings is 2. The molecule has 4 rings (SSSR count). The molecule has 0 aliphatic heterocycles. The van der Waals surface area contributed by atoms with E-state index in [0.717, 1.165) is 16.8 Å². The number of carbonyl (C=O) groups excluding carboxylic acids is 1. The fourth-order valence-electron chi connectivity index (χ4n) is 3.93. The number of hydrogen-bond acceptors (Lipinski definition) is 7. The highest BCUT2D eigenvalue weighted by Gasteiger charge is 2.27. The van der Waals surface area contributed by atoms with Crippen LogP contribution < -0.4 is 14.2 Å². The molecule has 0 aliphatic carbocycles. The van der Waals surface area contributed by atoms with E-state index in [0.29, 0.717) is 35.2 Å². The van der Waals surface area contributed by atoms with Gasteiger partial charge in [0.15, 0.2) is 5.76 Å². The van der Waals surface area contributed by atoms with Crippen molar-refractivity contribution >= 4 is 5.78 Å². The van der Waals surface area contributed by atoms with Crippen LogP contribution in [-0.4, -0.2) is 43.5 Å². The number of aromatic nitrogens is 2. The highest BCUT2D eigenvalue weighted by Crippen LogP contribution is 2.36. The van der Waals surface area contributed by atoms with Crippen LogP contribution in [0.2, 0.25) is 0 Å². The molecule has 1 atom stereocenters. The summed E-state index contributed by atoms with van der Waals surface area (Å²) in [5.41, 5.74) is 3.03. The first-order chi connectivity index (χ1) is 17.0. The van der Waals surface area contributed by atoms with E-state index in [-0.39, 0.29) is 11.5 Å². The minimum Gasteiger partial charge on any atom is -0.496 e. The second-order valence-electron chi connectivity index (χ2n) is 7.75. The molecule has 0 amide bonds. The van der Waals surface area contributed by atoms with Crippen molar-refractivity contribution < 1.29 is 28.2 Å². The Morgan fingerprint density at radius 2 is 1.71 bits per heavy atom. The van der Waals surface area contributed by atoms with E-state index in [1.807, 2.05) is 50.4 Å². The van der Waals surface area contributed by atoms with Crippen LogP contribution in [0.5, 0.6) is 17.2 Å². The molecular formula is C27H28N2O6. The standard InChI is InChI=1S/C27H28N2O6/c1-6-34-27(18-8-9-20(25(14-18)33-5)29-13-7-12-28-29)26(30)22-11-10-21(35-22)19-15-23(31-3)17(2)24(16-19)32-4/h7-16,27H,6H2,1-5H3. The van der Waals surface area contributed by atoms with Crippen molar-refractivity contribution in [2.75, 3.05) is 27.9 Å². The molecule has 35 heavy (non-hydrogen) atoms. The van der Waals surface area contributed by atoms with Crippen LogP contribution in [-0.2, 0) is 4.74 Å². The fraction of sp³-hybridized carbons (Fsp3) is 0.259. The minimum absolute atomic E-state index is 0.187. The van der Waals surface area contributed by atoms with Gasteiger partial charge in [-0.15, -0.1) is 0 Å². The summed E-state index contributed by atoms with van der Waals surface area (Å²) in [5.74, 6) is 2.32. The van der Waals surface area contributed by atoms with Gasteiger partial charge in [-0.2, -0.15) is 5.10 Å². The van der Waals surface area contributed by atoms with E-state index >= 15 is 0 Å². The molecule has 0 radical (unpaired) electrons. The Labute approximate surface area is 204 Å². The Balaban J connectivity index is 1.67. The molecule has 0 N–H and O–H groups in total. The van der Waals surface area contributed by atoms with Crippen LogP contribution in [0.1, 0.15) is 34.7 Å². The Bertz CT molecular complexity index is 1280.